The van der Waals surface area contributed by atoms with Crippen LogP contribution in [0.3, 0.4) is 0 Å². The van der Waals surface area contributed by atoms with Crippen molar-refractivity contribution < 1.29 is 9.59 Å². The van der Waals surface area contributed by atoms with Crippen LogP contribution in [0.15, 0.2) is 4.34 Å². The first kappa shape index (κ1) is 17.7. The lowest BCUT2D eigenvalue weighted by atomic mass is 10.1. The molecule has 1 aliphatic carbocycles. The minimum atomic E-state index is -0.271. The molecule has 2 heterocycles. The maximum Gasteiger partial charge on any atom is 0.231 e. The molecule has 2 aliphatic rings. The van der Waals surface area contributed by atoms with E-state index in [-0.39, 0.29) is 17.7 Å². The van der Waals surface area contributed by atoms with E-state index in [4.69, 9.17) is 0 Å². The highest BCUT2D eigenvalue weighted by atomic mass is 32.2. The molecular weight excluding hydrogens is 344 g/mol. The van der Waals surface area contributed by atoms with Crippen molar-refractivity contribution in [2.24, 2.45) is 5.92 Å². The van der Waals surface area contributed by atoms with Crippen molar-refractivity contribution in [3.63, 3.8) is 0 Å². The zero-order chi connectivity index (χ0) is 17.1. The summed E-state index contributed by atoms with van der Waals surface area (Å²) >= 11 is 3.07. The topological polar surface area (TPSA) is 75.2 Å². The Labute approximate surface area is 150 Å². The van der Waals surface area contributed by atoms with Gasteiger partial charge in [-0.3, -0.25) is 9.59 Å². The van der Waals surface area contributed by atoms with Crippen molar-refractivity contribution in [1.82, 2.24) is 15.1 Å². The van der Waals surface area contributed by atoms with Gasteiger partial charge in [0.2, 0.25) is 16.9 Å². The molecule has 1 aromatic rings. The number of likely N-dealkylation sites (tertiary alicyclic amines) is 1. The molecule has 1 N–H and O–H groups in total. The number of thioether (sulfide) groups is 1. The van der Waals surface area contributed by atoms with Gasteiger partial charge in [-0.1, -0.05) is 49.8 Å². The monoisotopic (exact) mass is 368 g/mol. The predicted molar refractivity (Wildman–Crippen MR) is 96.2 cm³/mol. The summed E-state index contributed by atoms with van der Waals surface area (Å²) in [6.45, 7) is 4.82. The van der Waals surface area contributed by atoms with Crippen molar-refractivity contribution in [1.29, 1.82) is 0 Å². The quantitative estimate of drug-likeness (QED) is 0.617. The third kappa shape index (κ3) is 4.08. The van der Waals surface area contributed by atoms with Gasteiger partial charge in [-0.05, 0) is 19.3 Å². The number of carbonyl (C=O) groups excluding carboxylic acids is 2. The third-order valence-electron chi connectivity index (χ3n) is 4.81. The number of anilines is 1. The van der Waals surface area contributed by atoms with Gasteiger partial charge in [0, 0.05) is 24.3 Å². The van der Waals surface area contributed by atoms with Gasteiger partial charge in [0.05, 0.1) is 5.92 Å². The third-order valence-corrected chi connectivity index (χ3v) is 7.00. The van der Waals surface area contributed by atoms with Gasteiger partial charge >= 0.3 is 0 Å². The standard InChI is InChI=1S/C16H24N4O2S2/c1-3-10(2)23-16-19-18-15(24-16)17-14(22)11-8-13(21)20(9-11)12-6-4-5-7-12/h10-12H,3-9H2,1-2H3,(H,17,18,22)/t10-,11+/m1/s1. The van der Waals surface area contributed by atoms with E-state index in [1.165, 1.54) is 24.2 Å². The number of hydrogen-bond acceptors (Lipinski definition) is 6. The van der Waals surface area contributed by atoms with Crippen LogP contribution >= 0.6 is 23.1 Å². The van der Waals surface area contributed by atoms with Gasteiger partial charge < -0.3 is 10.2 Å². The fourth-order valence-corrected chi connectivity index (χ4v) is 5.25. The number of rotatable bonds is 6. The van der Waals surface area contributed by atoms with Crippen molar-refractivity contribution in [3.05, 3.63) is 0 Å². The Balaban J connectivity index is 1.54. The SMILES string of the molecule is CC[C@@H](C)Sc1nnc(NC(=O)[C@H]2CC(=O)N(C3CCCC3)C2)s1. The van der Waals surface area contributed by atoms with E-state index < -0.39 is 0 Å². The number of hydrogen-bond donors (Lipinski definition) is 1. The molecule has 132 valence electrons. The summed E-state index contributed by atoms with van der Waals surface area (Å²) in [6.07, 6.45) is 5.90. The summed E-state index contributed by atoms with van der Waals surface area (Å²) in [5.74, 6) is -0.264. The molecule has 1 saturated carbocycles. The van der Waals surface area contributed by atoms with E-state index in [9.17, 15) is 9.59 Å². The lowest BCUT2D eigenvalue weighted by Gasteiger charge is -2.23. The minimum Gasteiger partial charge on any atom is -0.339 e. The Bertz CT molecular complexity index is 601. The van der Waals surface area contributed by atoms with E-state index in [0.717, 1.165) is 23.6 Å². The van der Waals surface area contributed by atoms with Crippen LogP contribution in [0.2, 0.25) is 0 Å². The van der Waals surface area contributed by atoms with Crippen LogP contribution in [0.25, 0.3) is 0 Å². The molecule has 0 bridgehead atoms. The summed E-state index contributed by atoms with van der Waals surface area (Å²) in [7, 11) is 0. The van der Waals surface area contributed by atoms with Crippen LogP contribution in [0.5, 0.6) is 0 Å². The van der Waals surface area contributed by atoms with E-state index in [0.29, 0.717) is 29.4 Å². The van der Waals surface area contributed by atoms with Crippen LogP contribution < -0.4 is 5.32 Å². The second kappa shape index (κ2) is 7.82. The van der Waals surface area contributed by atoms with Crippen LogP contribution in [0.1, 0.15) is 52.4 Å². The van der Waals surface area contributed by atoms with Gasteiger partial charge in [-0.25, -0.2) is 0 Å². The average molecular weight is 369 g/mol. The first-order chi connectivity index (χ1) is 11.6. The molecule has 0 unspecified atom stereocenters. The molecule has 0 radical (unpaired) electrons. The molecule has 2 atom stereocenters. The second-order valence-corrected chi connectivity index (χ2v) is 9.25. The molecule has 6 nitrogen and oxygen atoms in total. The fraction of sp³-hybridized carbons (Fsp3) is 0.750. The van der Waals surface area contributed by atoms with Crippen LogP contribution in [0.4, 0.5) is 5.13 Å². The highest BCUT2D eigenvalue weighted by molar-refractivity contribution is 8.01. The largest absolute Gasteiger partial charge is 0.339 e. The van der Waals surface area contributed by atoms with Crippen molar-refractivity contribution >= 4 is 40.0 Å². The maximum absolute atomic E-state index is 12.5. The van der Waals surface area contributed by atoms with E-state index in [1.54, 1.807) is 11.8 Å². The number of nitrogens with zero attached hydrogens (tertiary/aromatic N) is 3. The first-order valence-corrected chi connectivity index (χ1v) is 10.4. The summed E-state index contributed by atoms with van der Waals surface area (Å²) in [5.41, 5.74) is 0. The molecule has 0 aromatic carbocycles. The smallest absolute Gasteiger partial charge is 0.231 e. The summed E-state index contributed by atoms with van der Waals surface area (Å²) in [5, 5.41) is 12.0. The van der Waals surface area contributed by atoms with E-state index in [2.05, 4.69) is 29.4 Å². The number of carbonyl (C=O) groups is 2. The van der Waals surface area contributed by atoms with Crippen LogP contribution in [0, 0.1) is 5.92 Å². The lowest BCUT2D eigenvalue weighted by Crippen LogP contribution is -2.35. The van der Waals surface area contributed by atoms with Gasteiger partial charge in [0.25, 0.3) is 0 Å². The molecule has 2 fully saturated rings. The van der Waals surface area contributed by atoms with E-state index >= 15 is 0 Å². The Morgan fingerprint density at radius 3 is 2.88 bits per heavy atom. The fourth-order valence-electron chi connectivity index (χ4n) is 3.25. The molecule has 24 heavy (non-hydrogen) atoms. The maximum atomic E-state index is 12.5. The molecular formula is C16H24N4O2S2. The highest BCUT2D eigenvalue weighted by Gasteiger charge is 2.38. The van der Waals surface area contributed by atoms with Crippen molar-refractivity contribution in [2.45, 2.75) is 68.0 Å². The minimum absolute atomic E-state index is 0.111. The first-order valence-electron chi connectivity index (χ1n) is 8.67. The Hall–Kier alpha value is -1.15. The number of nitrogens with one attached hydrogen (secondary N) is 1. The van der Waals surface area contributed by atoms with Gasteiger partial charge in [-0.15, -0.1) is 10.2 Å². The molecule has 2 amide bonds. The zero-order valence-corrected chi connectivity index (χ0v) is 15.8. The van der Waals surface area contributed by atoms with Crippen LogP contribution in [-0.2, 0) is 9.59 Å². The molecule has 1 aromatic heterocycles. The van der Waals surface area contributed by atoms with E-state index in [1.807, 2.05) is 4.90 Å². The molecule has 0 spiro atoms. The summed E-state index contributed by atoms with van der Waals surface area (Å²) < 4.78 is 0.870. The van der Waals surface area contributed by atoms with Crippen molar-refractivity contribution in [2.75, 3.05) is 11.9 Å². The molecule has 1 aliphatic heterocycles. The van der Waals surface area contributed by atoms with Gasteiger partial charge in [0.15, 0.2) is 4.34 Å². The zero-order valence-electron chi connectivity index (χ0n) is 14.2. The molecule has 1 saturated heterocycles. The molecule has 8 heteroatoms. The Morgan fingerprint density at radius 1 is 1.42 bits per heavy atom. The Kier molecular flexibility index (Phi) is 5.76. The van der Waals surface area contributed by atoms with Crippen LogP contribution in [-0.4, -0.2) is 44.7 Å². The second-order valence-electron chi connectivity index (χ2n) is 6.58. The summed E-state index contributed by atoms with van der Waals surface area (Å²) in [6, 6.07) is 0.343. The summed E-state index contributed by atoms with van der Waals surface area (Å²) in [4.78, 5) is 26.6. The highest BCUT2D eigenvalue weighted by Crippen LogP contribution is 2.32. The lowest BCUT2D eigenvalue weighted by molar-refractivity contribution is -0.129. The van der Waals surface area contributed by atoms with Crippen molar-refractivity contribution in [3.8, 4) is 0 Å². The average Bonchev–Trinajstić information content (AvgIpc) is 3.28. The number of amides is 2. The molecule has 3 rings (SSSR count). The van der Waals surface area contributed by atoms with Gasteiger partial charge in [0.1, 0.15) is 0 Å². The normalized spacial score (nSPS) is 23.0. The predicted octanol–water partition coefficient (Wildman–Crippen LogP) is 3.16. The number of aromatic nitrogens is 2. The Morgan fingerprint density at radius 2 is 2.17 bits per heavy atom. The van der Waals surface area contributed by atoms with Gasteiger partial charge in [-0.2, -0.15) is 0 Å².